The molecular weight excluding hydrogens is 749 g/mol. The Bertz CT molecular complexity index is 3890. The van der Waals surface area contributed by atoms with E-state index in [-0.39, 0.29) is 0 Å². The molecule has 0 spiro atoms. The van der Waals surface area contributed by atoms with Crippen LogP contribution in [-0.2, 0) is 0 Å². The molecule has 13 rings (SSSR count). The molecule has 0 aliphatic carbocycles. The Kier molecular flexibility index (Phi) is 7.14. The Morgan fingerprint density at radius 1 is 0.350 bits per heavy atom. The molecule has 10 aromatic carbocycles. The quantitative estimate of drug-likeness (QED) is 0.179. The summed E-state index contributed by atoms with van der Waals surface area (Å²) in [6, 6.07) is 69.7. The Morgan fingerprint density at radius 2 is 0.983 bits per heavy atom. The fraction of sp³-hybridized carbons (Fsp3) is 0. The van der Waals surface area contributed by atoms with Crippen molar-refractivity contribution in [2.45, 2.75) is 0 Å². The zero-order chi connectivity index (χ0) is 39.3. The summed E-state index contributed by atoms with van der Waals surface area (Å²) in [5, 5.41) is 14.5. The molecule has 0 unspecified atom stereocenters. The average molecular weight is 781 g/mol. The summed E-state index contributed by atoms with van der Waals surface area (Å²) in [6.45, 7) is 0. The third-order valence-electron chi connectivity index (χ3n) is 12.2. The molecule has 13 aromatic rings. The van der Waals surface area contributed by atoms with Crippen LogP contribution in [0.1, 0.15) is 0 Å². The van der Waals surface area contributed by atoms with Crippen LogP contribution < -0.4 is 0 Å². The smallest absolute Gasteiger partial charge is 0.164 e. The first kappa shape index (κ1) is 33.3. The Hall–Kier alpha value is -7.73. The molecule has 0 aliphatic rings. The van der Waals surface area contributed by atoms with Crippen LogP contribution in [0.5, 0.6) is 0 Å². The van der Waals surface area contributed by atoms with Crippen LogP contribution in [0.3, 0.4) is 0 Å². The first-order chi connectivity index (χ1) is 29.7. The van der Waals surface area contributed by atoms with Gasteiger partial charge in [-0.2, -0.15) is 0 Å². The second-order valence-electron chi connectivity index (χ2n) is 15.6. The van der Waals surface area contributed by atoms with E-state index in [1.54, 1.807) is 0 Å². The lowest BCUT2D eigenvalue weighted by Crippen LogP contribution is -2.01. The zero-order valence-corrected chi connectivity index (χ0v) is 33.0. The van der Waals surface area contributed by atoms with Crippen molar-refractivity contribution >= 4 is 96.4 Å². The molecule has 0 saturated heterocycles. The molecule has 0 radical (unpaired) electrons. The van der Waals surface area contributed by atoms with E-state index in [1.807, 2.05) is 29.5 Å². The monoisotopic (exact) mass is 780 g/mol. The maximum Gasteiger partial charge on any atom is 0.164 e. The summed E-state index contributed by atoms with van der Waals surface area (Å²) >= 11 is 1.84. The van der Waals surface area contributed by atoms with Crippen molar-refractivity contribution in [1.82, 2.24) is 19.5 Å². The van der Waals surface area contributed by atoms with Gasteiger partial charge in [0, 0.05) is 53.3 Å². The molecule has 3 heterocycles. The van der Waals surface area contributed by atoms with Crippen LogP contribution >= 0.6 is 11.3 Å². The van der Waals surface area contributed by atoms with Crippen molar-refractivity contribution < 1.29 is 0 Å². The van der Waals surface area contributed by atoms with Crippen LogP contribution in [0.25, 0.3) is 125 Å². The van der Waals surface area contributed by atoms with Crippen molar-refractivity contribution in [3.05, 3.63) is 194 Å². The minimum absolute atomic E-state index is 0.648. The van der Waals surface area contributed by atoms with Gasteiger partial charge in [0.05, 0.1) is 11.0 Å². The van der Waals surface area contributed by atoms with Crippen molar-refractivity contribution in [2.75, 3.05) is 0 Å². The van der Waals surface area contributed by atoms with Crippen molar-refractivity contribution in [2.24, 2.45) is 0 Å². The van der Waals surface area contributed by atoms with E-state index in [0.717, 1.165) is 43.9 Å². The fourth-order valence-corrected chi connectivity index (χ4v) is 10.7. The molecule has 0 amide bonds. The van der Waals surface area contributed by atoms with Crippen LogP contribution in [0.15, 0.2) is 194 Å². The van der Waals surface area contributed by atoms with Gasteiger partial charge >= 0.3 is 0 Å². The lowest BCUT2D eigenvalue weighted by Gasteiger charge is -2.13. The number of rotatable bonds is 4. The van der Waals surface area contributed by atoms with Gasteiger partial charge in [-0.3, -0.25) is 0 Å². The van der Waals surface area contributed by atoms with Gasteiger partial charge in [-0.15, -0.1) is 11.3 Å². The summed E-state index contributed by atoms with van der Waals surface area (Å²) in [4.78, 5) is 15.9. The maximum absolute atomic E-state index is 5.38. The molecule has 0 fully saturated rings. The normalized spacial score (nSPS) is 12.0. The van der Waals surface area contributed by atoms with Gasteiger partial charge in [-0.05, 0) is 85.6 Å². The Morgan fingerprint density at radius 3 is 1.80 bits per heavy atom. The number of fused-ring (bicyclic) bond motifs is 12. The Balaban J connectivity index is 1.13. The Labute approximate surface area is 348 Å². The van der Waals surface area contributed by atoms with Gasteiger partial charge in [0.15, 0.2) is 17.5 Å². The average Bonchev–Trinajstić information content (AvgIpc) is 3.86. The fourth-order valence-electron chi connectivity index (χ4n) is 9.42. The third-order valence-corrected chi connectivity index (χ3v) is 13.4. The predicted octanol–water partition coefficient (Wildman–Crippen LogP) is 15.0. The molecule has 0 aliphatic heterocycles. The van der Waals surface area contributed by atoms with Crippen LogP contribution in [-0.4, -0.2) is 19.5 Å². The van der Waals surface area contributed by atoms with E-state index < -0.39 is 0 Å². The minimum atomic E-state index is 0.648. The summed E-state index contributed by atoms with van der Waals surface area (Å²) in [6.07, 6.45) is 0. The third kappa shape index (κ3) is 5.00. The molecule has 0 N–H and O–H groups in total. The van der Waals surface area contributed by atoms with Crippen LogP contribution in [0.4, 0.5) is 0 Å². The number of thiophene rings is 1. The van der Waals surface area contributed by atoms with Gasteiger partial charge in [-0.1, -0.05) is 152 Å². The summed E-state index contributed by atoms with van der Waals surface area (Å²) < 4.78 is 4.90. The number of aromatic nitrogens is 4. The lowest BCUT2D eigenvalue weighted by molar-refractivity contribution is 1.08. The summed E-state index contributed by atoms with van der Waals surface area (Å²) in [5.74, 6) is 1.96. The second kappa shape index (κ2) is 12.9. The standard InChI is InChI=1S/C55H32N4S/c1-2-15-35(16-3-1)53-56-54(43-24-12-20-33-13-6-9-21-40(33)43)58-55(57-53)46-30-38-19-8-11-23-42(38)52-51(46)45-32-39(26-28-49(45)60-52)59-47-27-25-34-14-7-10-22-41(34)50(47)44-29-36-17-4-5-18-37(36)31-48(44)59/h1-32H. The largest absolute Gasteiger partial charge is 0.309 e. The lowest BCUT2D eigenvalue weighted by atomic mass is 9.99. The number of benzene rings is 10. The maximum atomic E-state index is 5.38. The second-order valence-corrected chi connectivity index (χ2v) is 16.6. The molecule has 4 nitrogen and oxygen atoms in total. The number of hydrogen-bond acceptors (Lipinski definition) is 4. The highest BCUT2D eigenvalue weighted by atomic mass is 32.1. The number of hydrogen-bond donors (Lipinski definition) is 0. The minimum Gasteiger partial charge on any atom is -0.309 e. The van der Waals surface area contributed by atoms with E-state index in [1.165, 1.54) is 63.5 Å². The summed E-state index contributed by atoms with van der Waals surface area (Å²) in [7, 11) is 0. The summed E-state index contributed by atoms with van der Waals surface area (Å²) in [5.41, 5.74) is 6.41. The van der Waals surface area contributed by atoms with E-state index in [4.69, 9.17) is 15.0 Å². The predicted molar refractivity (Wildman–Crippen MR) is 253 cm³/mol. The van der Waals surface area contributed by atoms with Gasteiger partial charge in [0.1, 0.15) is 0 Å². The molecular formula is C55H32N4S. The number of nitrogens with zero attached hydrogens (tertiary/aromatic N) is 4. The molecule has 0 bridgehead atoms. The van der Waals surface area contributed by atoms with Crippen LogP contribution in [0.2, 0.25) is 0 Å². The first-order valence-electron chi connectivity index (χ1n) is 20.3. The van der Waals surface area contributed by atoms with Gasteiger partial charge in [0.2, 0.25) is 0 Å². The first-order valence-corrected chi connectivity index (χ1v) is 21.1. The van der Waals surface area contributed by atoms with E-state index in [0.29, 0.717) is 17.5 Å². The molecule has 3 aromatic heterocycles. The highest BCUT2D eigenvalue weighted by molar-refractivity contribution is 7.26. The van der Waals surface area contributed by atoms with Crippen LogP contribution in [0, 0.1) is 0 Å². The molecule has 5 heteroatoms. The van der Waals surface area contributed by atoms with Crippen molar-refractivity contribution in [3.63, 3.8) is 0 Å². The molecule has 60 heavy (non-hydrogen) atoms. The van der Waals surface area contributed by atoms with E-state index in [2.05, 4.69) is 180 Å². The van der Waals surface area contributed by atoms with E-state index >= 15 is 0 Å². The van der Waals surface area contributed by atoms with Gasteiger partial charge in [-0.25, -0.2) is 15.0 Å². The van der Waals surface area contributed by atoms with Gasteiger partial charge in [0.25, 0.3) is 0 Å². The molecule has 278 valence electrons. The zero-order valence-electron chi connectivity index (χ0n) is 32.2. The molecule has 0 saturated carbocycles. The highest BCUT2D eigenvalue weighted by Gasteiger charge is 2.22. The van der Waals surface area contributed by atoms with Crippen molar-refractivity contribution in [1.29, 1.82) is 0 Å². The van der Waals surface area contributed by atoms with E-state index in [9.17, 15) is 0 Å². The molecule has 0 atom stereocenters. The highest BCUT2D eigenvalue weighted by Crippen LogP contribution is 2.46. The SMILES string of the molecule is c1ccc(-c2nc(-c3cccc4ccccc34)nc(-c3cc4ccccc4c4sc5ccc(-n6c7cc8ccccc8cc7c7c8ccccc8ccc76)cc5c34)n2)cc1. The van der Waals surface area contributed by atoms with Gasteiger partial charge < -0.3 is 4.57 Å². The van der Waals surface area contributed by atoms with Crippen molar-refractivity contribution in [3.8, 4) is 39.9 Å². The topological polar surface area (TPSA) is 43.6 Å².